The molecule has 16 heavy (non-hydrogen) atoms. The average Bonchev–Trinajstić information content (AvgIpc) is 2.19. The van der Waals surface area contributed by atoms with E-state index in [-0.39, 0.29) is 5.41 Å². The fraction of sp³-hybridized carbons (Fsp3) is 0.385. The molecule has 0 aliphatic rings. The molecular weight excluding hydrogens is 198 g/mol. The fourth-order valence-corrected chi connectivity index (χ4v) is 1.21. The van der Waals surface area contributed by atoms with Gasteiger partial charge in [-0.1, -0.05) is 41.2 Å². The maximum absolute atomic E-state index is 8.42. The maximum atomic E-state index is 8.42. The molecule has 0 saturated carbocycles. The van der Waals surface area contributed by atoms with Gasteiger partial charge in [-0.15, -0.1) is 0 Å². The molecule has 0 atom stereocenters. The molecule has 0 aromatic heterocycles. The van der Waals surface area contributed by atoms with Crippen LogP contribution >= 0.6 is 0 Å². The van der Waals surface area contributed by atoms with E-state index < -0.39 is 0 Å². The summed E-state index contributed by atoms with van der Waals surface area (Å²) in [5, 5.41) is 3.63. The van der Waals surface area contributed by atoms with Crippen LogP contribution in [-0.2, 0) is 6.42 Å². The Balaban J connectivity index is 2.88. The Hall–Kier alpha value is -1.91. The first-order chi connectivity index (χ1) is 7.53. The fourth-order valence-electron chi connectivity index (χ4n) is 1.21. The van der Waals surface area contributed by atoms with Crippen molar-refractivity contribution in [3.05, 3.63) is 40.3 Å². The largest absolute Gasteiger partial charge is 0.0980 e. The lowest BCUT2D eigenvalue weighted by Crippen LogP contribution is -1.99. The number of rotatable bonds is 2. The third-order valence-corrected chi connectivity index (χ3v) is 1.89. The third kappa shape index (κ3) is 4.08. The zero-order valence-electron chi connectivity index (χ0n) is 9.86. The third-order valence-electron chi connectivity index (χ3n) is 1.89. The predicted octanol–water partition coefficient (Wildman–Crippen LogP) is 4.22. The van der Waals surface area contributed by atoms with Crippen LogP contribution in [0.15, 0.2) is 29.4 Å². The molecule has 0 spiro atoms. The molecular formula is C13H15N3. The number of benzene rings is 1. The van der Waals surface area contributed by atoms with Crippen LogP contribution in [0.5, 0.6) is 0 Å². The number of hydrogen-bond donors (Lipinski definition) is 0. The van der Waals surface area contributed by atoms with Gasteiger partial charge in [-0.2, -0.15) is 0 Å². The monoisotopic (exact) mass is 213 g/mol. The lowest BCUT2D eigenvalue weighted by Gasteiger charge is -2.07. The molecule has 82 valence electrons. The van der Waals surface area contributed by atoms with Crippen LogP contribution in [0.1, 0.15) is 26.3 Å². The summed E-state index contributed by atoms with van der Waals surface area (Å²) in [6, 6.07) is 7.50. The summed E-state index contributed by atoms with van der Waals surface area (Å²) in [5.41, 5.74) is 10.1. The lowest BCUT2D eigenvalue weighted by molar-refractivity contribution is 0.570. The molecule has 0 unspecified atom stereocenters. The normalized spacial score (nSPS) is 9.94. The van der Waals surface area contributed by atoms with E-state index in [9.17, 15) is 0 Å². The Morgan fingerprint density at radius 1 is 1.31 bits per heavy atom. The van der Waals surface area contributed by atoms with Gasteiger partial charge in [0.1, 0.15) is 0 Å². The topological polar surface area (TPSA) is 48.8 Å². The second-order valence-corrected chi connectivity index (χ2v) is 4.55. The summed E-state index contributed by atoms with van der Waals surface area (Å²) >= 11 is 0. The molecule has 3 nitrogen and oxygen atoms in total. The van der Waals surface area contributed by atoms with E-state index in [1.54, 1.807) is 6.07 Å². The summed E-state index contributed by atoms with van der Waals surface area (Å²) in [7, 11) is 0. The van der Waals surface area contributed by atoms with Crippen molar-refractivity contribution in [1.82, 2.24) is 0 Å². The highest BCUT2D eigenvalue weighted by molar-refractivity contribution is 5.47. The standard InChI is InChI=1S/C13H15N3/c1-13(2,3)10-6-8-11-7-4-5-9-12(11)15-16-14/h4-5,7,9H,8H2,1-3H3. The van der Waals surface area contributed by atoms with Gasteiger partial charge in [-0.05, 0) is 31.9 Å². The van der Waals surface area contributed by atoms with Crippen LogP contribution in [0.4, 0.5) is 5.69 Å². The Bertz CT molecular complexity index is 466. The first-order valence-corrected chi connectivity index (χ1v) is 5.16. The summed E-state index contributed by atoms with van der Waals surface area (Å²) < 4.78 is 0. The Morgan fingerprint density at radius 3 is 2.62 bits per heavy atom. The van der Waals surface area contributed by atoms with Gasteiger partial charge in [0.25, 0.3) is 0 Å². The molecule has 0 heterocycles. The van der Waals surface area contributed by atoms with Crippen molar-refractivity contribution in [3.8, 4) is 11.8 Å². The quantitative estimate of drug-likeness (QED) is 0.305. The maximum Gasteiger partial charge on any atom is 0.0417 e. The average molecular weight is 213 g/mol. The van der Waals surface area contributed by atoms with Gasteiger partial charge in [0.2, 0.25) is 0 Å². The van der Waals surface area contributed by atoms with E-state index in [0.717, 1.165) is 5.56 Å². The minimum Gasteiger partial charge on any atom is -0.0980 e. The van der Waals surface area contributed by atoms with Crippen molar-refractivity contribution in [2.75, 3.05) is 0 Å². The molecule has 0 fully saturated rings. The van der Waals surface area contributed by atoms with Gasteiger partial charge in [0, 0.05) is 22.4 Å². The molecule has 0 amide bonds. The van der Waals surface area contributed by atoms with Crippen LogP contribution in [-0.4, -0.2) is 0 Å². The van der Waals surface area contributed by atoms with Crippen molar-refractivity contribution in [1.29, 1.82) is 0 Å². The Labute approximate surface area is 96.1 Å². The van der Waals surface area contributed by atoms with Crippen LogP contribution in [0.2, 0.25) is 0 Å². The van der Waals surface area contributed by atoms with Gasteiger partial charge < -0.3 is 0 Å². The van der Waals surface area contributed by atoms with Gasteiger partial charge >= 0.3 is 0 Å². The van der Waals surface area contributed by atoms with E-state index in [4.69, 9.17) is 5.53 Å². The second kappa shape index (κ2) is 5.25. The Kier molecular flexibility index (Phi) is 3.99. The first kappa shape index (κ1) is 12.2. The molecule has 0 saturated heterocycles. The van der Waals surface area contributed by atoms with Crippen molar-refractivity contribution in [2.45, 2.75) is 27.2 Å². The molecule has 1 rings (SSSR count). The minimum absolute atomic E-state index is 0.00738. The smallest absolute Gasteiger partial charge is 0.0417 e. The highest BCUT2D eigenvalue weighted by Gasteiger charge is 2.03. The van der Waals surface area contributed by atoms with Gasteiger partial charge in [0.15, 0.2) is 0 Å². The molecule has 0 N–H and O–H groups in total. The van der Waals surface area contributed by atoms with E-state index in [0.29, 0.717) is 12.1 Å². The summed E-state index contributed by atoms with van der Waals surface area (Å²) in [5.74, 6) is 6.26. The first-order valence-electron chi connectivity index (χ1n) is 5.16. The SMILES string of the molecule is CC(C)(C)C#CCc1ccccc1N=[N+]=[N-]. The predicted molar refractivity (Wildman–Crippen MR) is 66.2 cm³/mol. The summed E-state index contributed by atoms with van der Waals surface area (Å²) in [6.45, 7) is 6.21. The molecule has 1 aromatic carbocycles. The van der Waals surface area contributed by atoms with Crippen LogP contribution < -0.4 is 0 Å². The van der Waals surface area contributed by atoms with E-state index in [1.807, 2.05) is 18.2 Å². The molecule has 0 aliphatic heterocycles. The highest BCUT2D eigenvalue weighted by Crippen LogP contribution is 2.19. The van der Waals surface area contributed by atoms with Crippen molar-refractivity contribution in [2.24, 2.45) is 10.5 Å². The lowest BCUT2D eigenvalue weighted by atomic mass is 9.97. The summed E-state index contributed by atoms with van der Waals surface area (Å²) in [6.07, 6.45) is 0.618. The zero-order valence-corrected chi connectivity index (χ0v) is 9.86. The zero-order chi connectivity index (χ0) is 12.0. The van der Waals surface area contributed by atoms with E-state index >= 15 is 0 Å². The molecule has 0 aliphatic carbocycles. The van der Waals surface area contributed by atoms with Crippen molar-refractivity contribution < 1.29 is 0 Å². The second-order valence-electron chi connectivity index (χ2n) is 4.55. The van der Waals surface area contributed by atoms with Crippen molar-refractivity contribution in [3.63, 3.8) is 0 Å². The van der Waals surface area contributed by atoms with E-state index in [1.165, 1.54) is 0 Å². The molecule has 3 heteroatoms. The van der Waals surface area contributed by atoms with Gasteiger partial charge in [-0.25, -0.2) is 0 Å². The number of hydrogen-bond acceptors (Lipinski definition) is 1. The van der Waals surface area contributed by atoms with Gasteiger partial charge in [0.05, 0.1) is 0 Å². The van der Waals surface area contributed by atoms with Crippen LogP contribution in [0, 0.1) is 17.3 Å². The van der Waals surface area contributed by atoms with E-state index in [2.05, 4.69) is 42.6 Å². The van der Waals surface area contributed by atoms with Gasteiger partial charge in [-0.3, -0.25) is 0 Å². The van der Waals surface area contributed by atoms with Crippen LogP contribution in [0.25, 0.3) is 10.4 Å². The number of nitrogens with zero attached hydrogens (tertiary/aromatic N) is 3. The van der Waals surface area contributed by atoms with Crippen molar-refractivity contribution >= 4 is 5.69 Å². The molecule has 1 aromatic rings. The Morgan fingerprint density at radius 2 is 2.00 bits per heavy atom. The summed E-state index contributed by atoms with van der Waals surface area (Å²) in [4.78, 5) is 2.80. The van der Waals surface area contributed by atoms with Crippen LogP contribution in [0.3, 0.4) is 0 Å². The molecule has 0 bridgehead atoms. The number of azide groups is 1. The minimum atomic E-state index is 0.00738. The highest BCUT2D eigenvalue weighted by atomic mass is 15.1. The molecule has 0 radical (unpaired) electrons.